The van der Waals surface area contributed by atoms with E-state index in [0.717, 1.165) is 20.8 Å². The Balaban J connectivity index is 1.60. The van der Waals surface area contributed by atoms with Gasteiger partial charge in [0.05, 0.1) is 34.2 Å². The van der Waals surface area contributed by atoms with Gasteiger partial charge in [-0.25, -0.2) is 4.79 Å². The van der Waals surface area contributed by atoms with Crippen LogP contribution in [-0.2, 0) is 22.4 Å². The van der Waals surface area contributed by atoms with Gasteiger partial charge in [0.25, 0.3) is 0 Å². The Morgan fingerprint density at radius 1 is 1.43 bits per heavy atom. The first kappa shape index (κ1) is 15.3. The van der Waals surface area contributed by atoms with Crippen molar-refractivity contribution in [2.75, 3.05) is 26.4 Å². The minimum Gasteiger partial charge on any atom is -0.475 e. The molecule has 1 saturated heterocycles. The van der Waals surface area contributed by atoms with Crippen LogP contribution in [0.25, 0.3) is 10.6 Å². The average molecular weight is 399 g/mol. The van der Waals surface area contributed by atoms with E-state index in [4.69, 9.17) is 14.2 Å². The van der Waals surface area contributed by atoms with Crippen LogP contribution < -0.4 is 10.4 Å². The summed E-state index contributed by atoms with van der Waals surface area (Å²) in [5, 5.41) is 0. The van der Waals surface area contributed by atoms with Crippen molar-refractivity contribution < 1.29 is 14.2 Å². The highest BCUT2D eigenvalue weighted by Crippen LogP contribution is 2.38. The lowest BCUT2D eigenvalue weighted by atomic mass is 10.1. The zero-order valence-corrected chi connectivity index (χ0v) is 14.7. The fourth-order valence-electron chi connectivity index (χ4n) is 2.80. The predicted octanol–water partition coefficient (Wildman–Crippen LogP) is 2.08. The largest absolute Gasteiger partial charge is 0.475 e. The minimum atomic E-state index is -0.270. The molecule has 0 saturated carbocycles. The van der Waals surface area contributed by atoms with Crippen LogP contribution in [-0.4, -0.2) is 42.1 Å². The van der Waals surface area contributed by atoms with Gasteiger partial charge < -0.3 is 14.2 Å². The summed E-state index contributed by atoms with van der Waals surface area (Å²) in [6.07, 6.45) is 0.732. The summed E-state index contributed by atoms with van der Waals surface area (Å²) in [5.41, 5.74) is 1.86. The number of ether oxygens (including phenoxy) is 3. The molecule has 23 heavy (non-hydrogen) atoms. The van der Waals surface area contributed by atoms with Gasteiger partial charge in [0.1, 0.15) is 12.7 Å². The lowest BCUT2D eigenvalue weighted by molar-refractivity contribution is -0.102. The highest BCUT2D eigenvalue weighted by Gasteiger charge is 2.22. The van der Waals surface area contributed by atoms with E-state index < -0.39 is 0 Å². The van der Waals surface area contributed by atoms with Gasteiger partial charge in [-0.2, -0.15) is 4.98 Å². The van der Waals surface area contributed by atoms with Crippen molar-refractivity contribution in [3.05, 3.63) is 32.0 Å². The molecule has 2 aliphatic rings. The van der Waals surface area contributed by atoms with Crippen LogP contribution in [0.4, 0.5) is 0 Å². The third-order valence-corrected chi connectivity index (χ3v) is 5.61. The Morgan fingerprint density at radius 2 is 2.35 bits per heavy atom. The Kier molecular flexibility index (Phi) is 4.23. The van der Waals surface area contributed by atoms with Crippen molar-refractivity contribution in [1.29, 1.82) is 0 Å². The molecule has 2 aromatic rings. The molecule has 0 amide bonds. The van der Waals surface area contributed by atoms with Crippen molar-refractivity contribution in [1.82, 2.24) is 9.55 Å². The molecular weight excluding hydrogens is 384 g/mol. The van der Waals surface area contributed by atoms with Gasteiger partial charge in [0.2, 0.25) is 5.88 Å². The van der Waals surface area contributed by atoms with Gasteiger partial charge in [-0.15, -0.1) is 11.3 Å². The zero-order valence-electron chi connectivity index (χ0n) is 12.3. The van der Waals surface area contributed by atoms with Crippen molar-refractivity contribution in [3.8, 4) is 16.5 Å². The molecule has 0 unspecified atom stereocenters. The predicted molar refractivity (Wildman–Crippen MR) is 89.3 cm³/mol. The van der Waals surface area contributed by atoms with E-state index in [1.165, 1.54) is 5.56 Å². The number of aryl methyl sites for hydroxylation is 1. The van der Waals surface area contributed by atoms with Crippen LogP contribution in [0.5, 0.6) is 5.88 Å². The Hall–Kier alpha value is -1.22. The number of rotatable bonds is 3. The van der Waals surface area contributed by atoms with Crippen molar-refractivity contribution >= 4 is 27.3 Å². The first-order valence-corrected chi connectivity index (χ1v) is 9.04. The van der Waals surface area contributed by atoms with Crippen molar-refractivity contribution in [3.63, 3.8) is 0 Å². The Bertz CT molecular complexity index is 782. The third-order valence-electron chi connectivity index (χ3n) is 3.91. The monoisotopic (exact) mass is 398 g/mol. The molecule has 0 bridgehead atoms. The number of fused-ring (bicyclic) bond motifs is 3. The summed E-state index contributed by atoms with van der Waals surface area (Å²) in [5.74, 6) is 0.341. The maximum absolute atomic E-state index is 12.3. The molecule has 6 nitrogen and oxygen atoms in total. The van der Waals surface area contributed by atoms with E-state index in [2.05, 4.69) is 27.0 Å². The molecule has 4 rings (SSSR count). The smallest absolute Gasteiger partial charge is 0.351 e. The fraction of sp³-hybridized carbons (Fsp3) is 0.467. The quantitative estimate of drug-likeness (QED) is 0.791. The van der Waals surface area contributed by atoms with Crippen molar-refractivity contribution in [2.24, 2.45) is 0 Å². The number of hydrogen-bond acceptors (Lipinski definition) is 6. The standard InChI is InChI=1S/C15H15BrN2O4S/c16-12-5-9-1-2-18-11(14(9)23-12)6-13(17-15(18)19)22-8-10-7-20-3-4-21-10/h5-6,10H,1-4,7-8H2/t10-/m0/s1. The molecule has 1 atom stereocenters. The lowest BCUT2D eigenvalue weighted by Crippen LogP contribution is -2.34. The van der Waals surface area contributed by atoms with Gasteiger partial charge in [0, 0.05) is 12.6 Å². The summed E-state index contributed by atoms with van der Waals surface area (Å²) < 4.78 is 19.3. The van der Waals surface area contributed by atoms with Crippen LogP contribution in [0.2, 0.25) is 0 Å². The lowest BCUT2D eigenvalue weighted by Gasteiger charge is -2.23. The molecule has 122 valence electrons. The van der Waals surface area contributed by atoms with Crippen molar-refractivity contribution in [2.45, 2.75) is 19.1 Å². The summed E-state index contributed by atoms with van der Waals surface area (Å²) in [6, 6.07) is 3.95. The van der Waals surface area contributed by atoms with E-state index in [0.29, 0.717) is 38.9 Å². The Morgan fingerprint density at radius 3 is 3.17 bits per heavy atom. The van der Waals surface area contributed by atoms with E-state index in [9.17, 15) is 4.79 Å². The summed E-state index contributed by atoms with van der Waals surface area (Å²) >= 11 is 5.14. The average Bonchev–Trinajstić information content (AvgIpc) is 2.95. The van der Waals surface area contributed by atoms with Gasteiger partial charge in [-0.3, -0.25) is 4.57 Å². The first-order valence-electron chi connectivity index (χ1n) is 7.43. The minimum absolute atomic E-state index is 0.115. The second kappa shape index (κ2) is 6.35. The fourth-order valence-corrected chi connectivity index (χ4v) is 4.53. The topological polar surface area (TPSA) is 62.6 Å². The van der Waals surface area contributed by atoms with Crippen LogP contribution in [0.15, 0.2) is 20.7 Å². The maximum Gasteiger partial charge on any atom is 0.351 e. The molecule has 0 spiro atoms. The van der Waals surface area contributed by atoms with Gasteiger partial charge >= 0.3 is 5.69 Å². The van der Waals surface area contributed by atoms with E-state index >= 15 is 0 Å². The van der Waals surface area contributed by atoms with Gasteiger partial charge in [-0.05, 0) is 34.0 Å². The van der Waals surface area contributed by atoms with Crippen LogP contribution in [0.3, 0.4) is 0 Å². The van der Waals surface area contributed by atoms with E-state index in [1.807, 2.05) is 6.07 Å². The second-order valence-corrected chi connectivity index (χ2v) is 7.88. The molecule has 4 heterocycles. The molecule has 8 heteroatoms. The number of nitrogens with zero attached hydrogens (tertiary/aromatic N) is 2. The molecule has 2 aromatic heterocycles. The molecule has 0 radical (unpaired) electrons. The third kappa shape index (κ3) is 3.08. The molecule has 1 fully saturated rings. The number of thiophene rings is 1. The van der Waals surface area contributed by atoms with Crippen LogP contribution >= 0.6 is 27.3 Å². The molecule has 2 aliphatic heterocycles. The van der Waals surface area contributed by atoms with Crippen LogP contribution in [0.1, 0.15) is 5.56 Å². The highest BCUT2D eigenvalue weighted by atomic mass is 79.9. The molecular formula is C15H15BrN2O4S. The SMILES string of the molecule is O=c1nc(OC[C@@H]2COCCO2)cc2n1CCc1cc(Br)sc1-2. The molecule has 0 aromatic carbocycles. The summed E-state index contributed by atoms with van der Waals surface area (Å²) in [6.45, 7) is 2.67. The second-order valence-electron chi connectivity index (χ2n) is 5.45. The number of halogens is 1. The normalized spacial score (nSPS) is 20.0. The maximum atomic E-state index is 12.3. The van der Waals surface area contributed by atoms with E-state index in [1.54, 1.807) is 15.9 Å². The Labute approximate surface area is 145 Å². The summed E-state index contributed by atoms with van der Waals surface area (Å²) in [4.78, 5) is 17.4. The highest BCUT2D eigenvalue weighted by molar-refractivity contribution is 9.11. The van der Waals surface area contributed by atoms with Gasteiger partial charge in [0.15, 0.2) is 0 Å². The van der Waals surface area contributed by atoms with Crippen LogP contribution in [0, 0.1) is 0 Å². The van der Waals surface area contributed by atoms with Gasteiger partial charge in [-0.1, -0.05) is 0 Å². The molecule has 0 N–H and O–H groups in total. The van der Waals surface area contributed by atoms with E-state index in [-0.39, 0.29) is 11.8 Å². The summed E-state index contributed by atoms with van der Waals surface area (Å²) in [7, 11) is 0. The first-order chi connectivity index (χ1) is 11.2. The zero-order chi connectivity index (χ0) is 15.8. The number of aromatic nitrogens is 2. The number of hydrogen-bond donors (Lipinski definition) is 0. The molecule has 0 aliphatic carbocycles.